The highest BCUT2D eigenvalue weighted by Gasteiger charge is 2.25. The van der Waals surface area contributed by atoms with Gasteiger partial charge >= 0.3 is 0 Å². The van der Waals surface area contributed by atoms with E-state index in [9.17, 15) is 14.3 Å². The van der Waals surface area contributed by atoms with Crippen LogP contribution >= 0.6 is 23.2 Å². The van der Waals surface area contributed by atoms with Crippen molar-refractivity contribution in [2.45, 2.75) is 17.0 Å². The Bertz CT molecular complexity index is 638. The molecule has 4 nitrogen and oxygen atoms in total. The fraction of sp³-hybridized carbons (Fsp3) is 0.250. The largest absolute Gasteiger partial charge is 0.386 e. The van der Waals surface area contributed by atoms with Gasteiger partial charge < -0.3 is 10.4 Å². The molecule has 23 heavy (non-hydrogen) atoms. The van der Waals surface area contributed by atoms with Gasteiger partial charge in [-0.2, -0.15) is 0 Å². The molecule has 3 N–H and O–H groups in total. The highest BCUT2D eigenvalue weighted by molar-refractivity contribution is 6.53. The van der Waals surface area contributed by atoms with Crippen molar-refractivity contribution in [2.75, 3.05) is 6.67 Å². The van der Waals surface area contributed by atoms with Gasteiger partial charge in [-0.1, -0.05) is 47.5 Å². The highest BCUT2D eigenvalue weighted by Crippen LogP contribution is 2.23. The van der Waals surface area contributed by atoms with E-state index in [-0.39, 0.29) is 0 Å². The zero-order valence-electron chi connectivity index (χ0n) is 12.0. The maximum Gasteiger partial charge on any atom is 0.253 e. The Kier molecular flexibility index (Phi) is 6.33. The summed E-state index contributed by atoms with van der Waals surface area (Å²) in [6.45, 7) is -0.941. The van der Waals surface area contributed by atoms with Crippen molar-refractivity contribution in [3.05, 3.63) is 54.4 Å². The van der Waals surface area contributed by atoms with Crippen molar-refractivity contribution in [3.63, 3.8) is 0 Å². The van der Waals surface area contributed by atoms with Gasteiger partial charge in [-0.25, -0.2) is 9.37 Å². The number of aromatic nitrogens is 1. The van der Waals surface area contributed by atoms with E-state index in [1.165, 1.54) is 0 Å². The molecule has 122 valence electrons. The molecule has 7 heteroatoms. The molecule has 0 bridgehead atoms. The Balaban J connectivity index is 2.12. The number of H-pyrrole nitrogens is 1. The van der Waals surface area contributed by atoms with Crippen LogP contribution in [0.25, 0.3) is 11.1 Å². The number of hydrogen-bond donors (Lipinski definition) is 2. The predicted molar refractivity (Wildman–Crippen MR) is 86.8 cm³/mol. The molecule has 0 saturated carbocycles. The maximum atomic E-state index is 13.1. The van der Waals surface area contributed by atoms with Crippen LogP contribution in [0.2, 0.25) is 0 Å². The predicted octanol–water partition coefficient (Wildman–Crippen LogP) is 2.46. The van der Waals surface area contributed by atoms with E-state index in [2.05, 4.69) is 10.3 Å². The average Bonchev–Trinajstić information content (AvgIpc) is 2.59. The quantitative estimate of drug-likeness (QED) is 0.780. The molecule has 2 atom stereocenters. The van der Waals surface area contributed by atoms with Crippen molar-refractivity contribution in [2.24, 2.45) is 0 Å². The van der Waals surface area contributed by atoms with Crippen LogP contribution in [0.1, 0.15) is 11.7 Å². The zero-order chi connectivity index (χ0) is 16.8. The first-order valence-electron chi connectivity index (χ1n) is 6.92. The highest BCUT2D eigenvalue weighted by atomic mass is 35.5. The van der Waals surface area contributed by atoms with Crippen LogP contribution < -0.4 is 10.3 Å². The van der Waals surface area contributed by atoms with Crippen molar-refractivity contribution in [1.82, 2.24) is 5.32 Å². The summed E-state index contributed by atoms with van der Waals surface area (Å²) in [5.41, 5.74) is 2.45. The molecule has 1 amide bonds. The molecule has 0 aliphatic carbocycles. The molecule has 0 aliphatic rings. The zero-order valence-corrected chi connectivity index (χ0v) is 13.6. The number of halogens is 3. The summed E-state index contributed by atoms with van der Waals surface area (Å²) >= 11 is 10.8. The molecule has 0 unspecified atom stereocenters. The standard InChI is InChI=1S/C16H15Cl2FN2O2/c17-15(18)16(23)21-13(9-19)14(22)12-3-1-10(2-4-12)11-5-7-20-8-6-11/h1-8,13-15,22H,9H2,(H,21,23)/p+1/t13-,14-/m1/s1. The second kappa shape index (κ2) is 8.24. The van der Waals surface area contributed by atoms with Gasteiger partial charge in [0.25, 0.3) is 5.91 Å². The number of aromatic amines is 1. The van der Waals surface area contributed by atoms with E-state index in [1.54, 1.807) is 12.1 Å². The van der Waals surface area contributed by atoms with Crippen LogP contribution in [0.5, 0.6) is 0 Å². The van der Waals surface area contributed by atoms with Crippen molar-refractivity contribution in [1.29, 1.82) is 0 Å². The van der Waals surface area contributed by atoms with E-state index in [0.717, 1.165) is 11.1 Å². The minimum absolute atomic E-state index is 0.486. The first-order valence-corrected chi connectivity index (χ1v) is 7.79. The molecule has 1 aromatic carbocycles. The number of aliphatic hydroxyl groups excluding tert-OH is 1. The Morgan fingerprint density at radius 1 is 1.13 bits per heavy atom. The Morgan fingerprint density at radius 3 is 2.22 bits per heavy atom. The minimum Gasteiger partial charge on any atom is -0.386 e. The number of carbonyl (C=O) groups is 1. The van der Waals surface area contributed by atoms with Crippen molar-refractivity contribution >= 4 is 29.1 Å². The second-order valence-corrected chi connectivity index (χ2v) is 6.02. The number of amides is 1. The molecule has 0 saturated heterocycles. The summed E-state index contributed by atoms with van der Waals surface area (Å²) in [4.78, 5) is 13.1. The first-order chi connectivity index (χ1) is 11.0. The van der Waals surface area contributed by atoms with Gasteiger partial charge in [0, 0.05) is 12.1 Å². The molecule has 0 aliphatic heterocycles. The number of pyridine rings is 1. The van der Waals surface area contributed by atoms with Gasteiger partial charge in [-0.15, -0.1) is 0 Å². The van der Waals surface area contributed by atoms with E-state index in [4.69, 9.17) is 23.2 Å². The molecule has 2 aromatic rings. The lowest BCUT2D eigenvalue weighted by Crippen LogP contribution is -2.43. The molecule has 0 spiro atoms. The summed E-state index contributed by atoms with van der Waals surface area (Å²) in [5.74, 6) is -0.743. The van der Waals surface area contributed by atoms with Crippen LogP contribution in [0.4, 0.5) is 4.39 Å². The number of alkyl halides is 3. The van der Waals surface area contributed by atoms with Crippen LogP contribution in [0, 0.1) is 0 Å². The number of carbonyl (C=O) groups excluding carboxylic acids is 1. The molecule has 0 radical (unpaired) electrons. The summed E-state index contributed by atoms with van der Waals surface area (Å²) < 4.78 is 13.1. The topological polar surface area (TPSA) is 63.5 Å². The van der Waals surface area contributed by atoms with Gasteiger partial charge in [0.2, 0.25) is 0 Å². The van der Waals surface area contributed by atoms with Gasteiger partial charge in [0.1, 0.15) is 12.8 Å². The molecular formula is C16H16Cl2FN2O2+. The van der Waals surface area contributed by atoms with E-state index in [0.29, 0.717) is 5.56 Å². The number of aliphatic hydroxyl groups is 1. The van der Waals surface area contributed by atoms with Crippen LogP contribution in [0.3, 0.4) is 0 Å². The minimum atomic E-state index is -1.31. The number of hydrogen-bond acceptors (Lipinski definition) is 2. The average molecular weight is 358 g/mol. The smallest absolute Gasteiger partial charge is 0.253 e. The maximum absolute atomic E-state index is 13.1. The lowest BCUT2D eigenvalue weighted by molar-refractivity contribution is -0.377. The number of benzene rings is 1. The van der Waals surface area contributed by atoms with Crippen LogP contribution in [-0.2, 0) is 4.79 Å². The Hall–Kier alpha value is -1.69. The SMILES string of the molecule is O=C(N[C@H](CF)[C@H](O)c1ccc(-c2cc[nH+]cc2)cc1)C(Cl)Cl. The molecule has 0 fully saturated rings. The van der Waals surface area contributed by atoms with E-state index < -0.39 is 29.6 Å². The van der Waals surface area contributed by atoms with Gasteiger partial charge in [0.05, 0.1) is 6.04 Å². The normalized spacial score (nSPS) is 13.6. The molecular weight excluding hydrogens is 342 g/mol. The van der Waals surface area contributed by atoms with Gasteiger partial charge in [0.15, 0.2) is 17.2 Å². The molecule has 1 heterocycles. The Morgan fingerprint density at radius 2 is 1.70 bits per heavy atom. The second-order valence-electron chi connectivity index (χ2n) is 4.93. The lowest BCUT2D eigenvalue weighted by Gasteiger charge is -2.22. The third-order valence-electron chi connectivity index (χ3n) is 3.38. The number of rotatable bonds is 6. The third-order valence-corrected chi connectivity index (χ3v) is 3.77. The van der Waals surface area contributed by atoms with Crippen molar-refractivity contribution < 1.29 is 19.3 Å². The lowest BCUT2D eigenvalue weighted by atomic mass is 9.99. The van der Waals surface area contributed by atoms with E-state index in [1.807, 2.05) is 36.7 Å². The summed E-state index contributed by atoms with van der Waals surface area (Å²) in [5, 5.41) is 12.5. The monoisotopic (exact) mass is 357 g/mol. The summed E-state index contributed by atoms with van der Waals surface area (Å²) in [6.07, 6.45) is 2.41. The van der Waals surface area contributed by atoms with Crippen LogP contribution in [-0.4, -0.2) is 28.6 Å². The van der Waals surface area contributed by atoms with Crippen molar-refractivity contribution in [3.8, 4) is 11.1 Å². The molecule has 1 aromatic heterocycles. The van der Waals surface area contributed by atoms with Gasteiger partial charge in [-0.3, -0.25) is 4.79 Å². The first kappa shape index (κ1) is 17.7. The summed E-state index contributed by atoms with van der Waals surface area (Å²) in [6, 6.07) is 9.72. The van der Waals surface area contributed by atoms with Crippen LogP contribution in [0.15, 0.2) is 48.8 Å². The number of nitrogens with one attached hydrogen (secondary N) is 2. The molecule has 2 rings (SSSR count). The fourth-order valence-electron chi connectivity index (χ4n) is 2.13. The Labute approximate surface area is 143 Å². The van der Waals surface area contributed by atoms with E-state index >= 15 is 0 Å². The van der Waals surface area contributed by atoms with Gasteiger partial charge in [-0.05, 0) is 16.7 Å². The fourth-order valence-corrected chi connectivity index (χ4v) is 2.26. The summed E-state index contributed by atoms with van der Waals surface area (Å²) in [7, 11) is 0. The third kappa shape index (κ3) is 4.64.